The second kappa shape index (κ2) is 5.75. The number of benzene rings is 1. The molecule has 2 rings (SSSR count). The molecule has 0 aromatic heterocycles. The van der Waals surface area contributed by atoms with Gasteiger partial charge < -0.3 is 10.6 Å². The Bertz CT molecular complexity index is 386. The Morgan fingerprint density at radius 1 is 1.28 bits per heavy atom. The molecule has 0 heterocycles. The summed E-state index contributed by atoms with van der Waals surface area (Å²) in [5.74, 6) is 0.855. The van der Waals surface area contributed by atoms with Gasteiger partial charge in [0.05, 0.1) is 0 Å². The summed E-state index contributed by atoms with van der Waals surface area (Å²) in [6.07, 6.45) is 5.37. The van der Waals surface area contributed by atoms with Gasteiger partial charge in [0.15, 0.2) is 0 Å². The second-order valence-electron chi connectivity index (χ2n) is 5.88. The highest BCUT2D eigenvalue weighted by Crippen LogP contribution is 2.32. The Kier molecular flexibility index (Phi) is 4.28. The quantitative estimate of drug-likeness (QED) is 0.880. The van der Waals surface area contributed by atoms with E-state index in [4.69, 9.17) is 5.73 Å². The minimum absolute atomic E-state index is 0.102. The molecule has 1 saturated carbocycles. The molecule has 0 spiro atoms. The molecule has 0 bridgehead atoms. The number of hydrogen-bond acceptors (Lipinski definition) is 2. The Morgan fingerprint density at radius 3 is 2.67 bits per heavy atom. The predicted molar refractivity (Wildman–Crippen MR) is 78.9 cm³/mol. The molecule has 18 heavy (non-hydrogen) atoms. The Labute approximate surface area is 111 Å². The van der Waals surface area contributed by atoms with Crippen LogP contribution in [0.2, 0.25) is 0 Å². The number of hydrogen-bond donors (Lipinski definition) is 1. The van der Waals surface area contributed by atoms with Crippen LogP contribution >= 0.6 is 0 Å². The van der Waals surface area contributed by atoms with Crippen molar-refractivity contribution < 1.29 is 0 Å². The van der Waals surface area contributed by atoms with E-state index < -0.39 is 0 Å². The van der Waals surface area contributed by atoms with E-state index in [2.05, 4.69) is 50.1 Å². The molecule has 1 aromatic rings. The van der Waals surface area contributed by atoms with Gasteiger partial charge in [0.25, 0.3) is 0 Å². The van der Waals surface area contributed by atoms with Crippen LogP contribution in [0.25, 0.3) is 0 Å². The topological polar surface area (TPSA) is 29.3 Å². The molecule has 2 nitrogen and oxygen atoms in total. The summed E-state index contributed by atoms with van der Waals surface area (Å²) in [5.41, 5.74) is 8.66. The van der Waals surface area contributed by atoms with Crippen LogP contribution < -0.4 is 10.6 Å². The lowest BCUT2D eigenvalue weighted by atomic mass is 9.86. The van der Waals surface area contributed by atoms with E-state index in [1.54, 1.807) is 0 Å². The van der Waals surface area contributed by atoms with Crippen LogP contribution in [0.15, 0.2) is 24.3 Å². The van der Waals surface area contributed by atoms with Crippen molar-refractivity contribution in [3.05, 3.63) is 29.8 Å². The maximum Gasteiger partial charge on any atom is 0.0414 e. The first-order valence-corrected chi connectivity index (χ1v) is 7.17. The fraction of sp³-hybridized carbons (Fsp3) is 0.625. The van der Waals surface area contributed by atoms with Crippen molar-refractivity contribution in [2.45, 2.75) is 51.6 Å². The van der Waals surface area contributed by atoms with Crippen molar-refractivity contribution in [2.24, 2.45) is 11.7 Å². The van der Waals surface area contributed by atoms with Gasteiger partial charge in [-0.05, 0) is 37.3 Å². The average Bonchev–Trinajstić information content (AvgIpc) is 2.38. The molecule has 0 amide bonds. The third-order valence-electron chi connectivity index (χ3n) is 4.26. The number of nitrogens with zero attached hydrogens (tertiary/aromatic N) is 1. The maximum atomic E-state index is 6.08. The lowest BCUT2D eigenvalue weighted by Gasteiger charge is -2.37. The summed E-state index contributed by atoms with van der Waals surface area (Å²) in [6, 6.07) is 9.34. The second-order valence-corrected chi connectivity index (χ2v) is 5.88. The molecule has 0 radical (unpaired) electrons. The largest absolute Gasteiger partial charge is 0.371 e. The Hall–Kier alpha value is -1.02. The molecular formula is C16H26N2. The van der Waals surface area contributed by atoms with Gasteiger partial charge in [0, 0.05) is 24.8 Å². The molecule has 1 aliphatic carbocycles. The van der Waals surface area contributed by atoms with Crippen LogP contribution in [0, 0.1) is 5.92 Å². The summed E-state index contributed by atoms with van der Waals surface area (Å²) < 4.78 is 0. The number of nitrogens with two attached hydrogens (primary N) is 1. The van der Waals surface area contributed by atoms with E-state index in [-0.39, 0.29) is 6.04 Å². The van der Waals surface area contributed by atoms with Crippen molar-refractivity contribution in [2.75, 3.05) is 11.9 Å². The van der Waals surface area contributed by atoms with E-state index in [9.17, 15) is 0 Å². The molecule has 0 aliphatic heterocycles. The average molecular weight is 246 g/mol. The van der Waals surface area contributed by atoms with Crippen molar-refractivity contribution in [3.8, 4) is 0 Å². The lowest BCUT2D eigenvalue weighted by Crippen LogP contribution is -2.36. The van der Waals surface area contributed by atoms with Crippen molar-refractivity contribution in [3.63, 3.8) is 0 Å². The molecular weight excluding hydrogens is 220 g/mol. The molecule has 1 aliphatic rings. The highest BCUT2D eigenvalue weighted by Gasteiger charge is 2.24. The number of para-hydroxylation sites is 1. The third kappa shape index (κ3) is 2.86. The van der Waals surface area contributed by atoms with E-state index >= 15 is 0 Å². The van der Waals surface area contributed by atoms with Gasteiger partial charge in [0.2, 0.25) is 0 Å². The first-order chi connectivity index (χ1) is 8.59. The van der Waals surface area contributed by atoms with Crippen LogP contribution in [0.4, 0.5) is 5.69 Å². The molecule has 2 unspecified atom stereocenters. The molecule has 0 saturated heterocycles. The minimum atomic E-state index is 0.102. The zero-order valence-corrected chi connectivity index (χ0v) is 11.9. The first-order valence-electron chi connectivity index (χ1n) is 7.17. The summed E-state index contributed by atoms with van der Waals surface area (Å²) in [6.45, 7) is 4.44. The van der Waals surface area contributed by atoms with E-state index in [1.165, 1.54) is 36.9 Å². The van der Waals surface area contributed by atoms with Gasteiger partial charge in [-0.3, -0.25) is 0 Å². The highest BCUT2D eigenvalue weighted by atomic mass is 15.1. The fourth-order valence-electron chi connectivity index (χ4n) is 3.14. The standard InChI is InChI=1S/C16H26N2/c1-12-7-6-8-14(11-12)18(3)16-10-5-4-9-15(16)13(2)17/h4-5,9-10,12-14H,6-8,11,17H2,1-3H3/t12?,13-,14?/m0/s1. The highest BCUT2D eigenvalue weighted by molar-refractivity contribution is 5.55. The first kappa shape index (κ1) is 13.4. The van der Waals surface area contributed by atoms with Gasteiger partial charge in [-0.25, -0.2) is 0 Å². The van der Waals surface area contributed by atoms with E-state index in [0.717, 1.165) is 5.92 Å². The molecule has 2 heteroatoms. The SMILES string of the molecule is CC1CCCC(N(C)c2ccccc2[C@H](C)N)C1. The molecule has 3 atom stereocenters. The summed E-state index contributed by atoms with van der Waals surface area (Å²) in [5, 5.41) is 0. The summed E-state index contributed by atoms with van der Waals surface area (Å²) in [4.78, 5) is 2.45. The summed E-state index contributed by atoms with van der Waals surface area (Å²) in [7, 11) is 2.23. The van der Waals surface area contributed by atoms with Gasteiger partial charge in [-0.15, -0.1) is 0 Å². The van der Waals surface area contributed by atoms with Crippen molar-refractivity contribution in [1.82, 2.24) is 0 Å². The molecule has 2 N–H and O–H groups in total. The van der Waals surface area contributed by atoms with Crippen LogP contribution in [-0.4, -0.2) is 13.1 Å². The molecule has 100 valence electrons. The maximum absolute atomic E-state index is 6.08. The van der Waals surface area contributed by atoms with Crippen molar-refractivity contribution in [1.29, 1.82) is 0 Å². The van der Waals surface area contributed by atoms with Gasteiger partial charge in [0.1, 0.15) is 0 Å². The van der Waals surface area contributed by atoms with Crippen LogP contribution in [0.1, 0.15) is 51.1 Å². The minimum Gasteiger partial charge on any atom is -0.371 e. The van der Waals surface area contributed by atoms with Gasteiger partial charge >= 0.3 is 0 Å². The number of anilines is 1. The normalized spacial score (nSPS) is 25.8. The van der Waals surface area contributed by atoms with Crippen LogP contribution in [0.5, 0.6) is 0 Å². The number of rotatable bonds is 3. The monoisotopic (exact) mass is 246 g/mol. The Balaban J connectivity index is 2.19. The summed E-state index contributed by atoms with van der Waals surface area (Å²) >= 11 is 0. The zero-order chi connectivity index (χ0) is 13.1. The van der Waals surface area contributed by atoms with Crippen LogP contribution in [0.3, 0.4) is 0 Å². The Morgan fingerprint density at radius 2 is 2.00 bits per heavy atom. The van der Waals surface area contributed by atoms with Crippen LogP contribution in [-0.2, 0) is 0 Å². The molecule has 1 aromatic carbocycles. The smallest absolute Gasteiger partial charge is 0.0414 e. The zero-order valence-electron chi connectivity index (χ0n) is 11.9. The van der Waals surface area contributed by atoms with Crippen molar-refractivity contribution >= 4 is 5.69 Å². The predicted octanol–water partition coefficient (Wildman–Crippen LogP) is 3.72. The van der Waals surface area contributed by atoms with E-state index in [1.807, 2.05) is 0 Å². The van der Waals surface area contributed by atoms with Gasteiger partial charge in [-0.2, -0.15) is 0 Å². The third-order valence-corrected chi connectivity index (χ3v) is 4.26. The molecule has 1 fully saturated rings. The van der Waals surface area contributed by atoms with Gasteiger partial charge in [-0.1, -0.05) is 38.0 Å². The lowest BCUT2D eigenvalue weighted by molar-refractivity contribution is 0.336. The fourth-order valence-corrected chi connectivity index (χ4v) is 3.14. The van der Waals surface area contributed by atoms with E-state index in [0.29, 0.717) is 6.04 Å².